The summed E-state index contributed by atoms with van der Waals surface area (Å²) in [6, 6.07) is 8.97. The standard InChI is InChI=1S/C19H18ClF2NO6S/c20-17-6-3-15(21)11-14(17)12-28-18(19(24)23-7-9-27-10-8-23)13-1-4-16(5-2-13)29-30(22,25)26/h1-6,11,18H,7-10,12H2. The smallest absolute Gasteiger partial charge is 0.378 e. The predicted octanol–water partition coefficient (Wildman–Crippen LogP) is 3.19. The van der Waals surface area contributed by atoms with Crippen LogP contribution in [-0.2, 0) is 31.4 Å². The third-order valence-electron chi connectivity index (χ3n) is 4.34. The Bertz CT molecular complexity index is 997. The van der Waals surface area contributed by atoms with Crippen molar-refractivity contribution in [1.82, 2.24) is 4.90 Å². The van der Waals surface area contributed by atoms with Gasteiger partial charge in [-0.1, -0.05) is 27.6 Å². The second-order valence-corrected chi connectivity index (χ2v) is 7.77. The van der Waals surface area contributed by atoms with Crippen molar-refractivity contribution >= 4 is 28.0 Å². The van der Waals surface area contributed by atoms with Gasteiger partial charge < -0.3 is 18.6 Å². The maximum absolute atomic E-state index is 13.5. The van der Waals surface area contributed by atoms with E-state index < -0.39 is 22.4 Å². The average Bonchev–Trinajstić information content (AvgIpc) is 2.71. The van der Waals surface area contributed by atoms with Gasteiger partial charge in [0.2, 0.25) is 0 Å². The molecule has 1 aliphatic rings. The number of hydrogen-bond acceptors (Lipinski definition) is 6. The largest absolute Gasteiger partial charge is 0.488 e. The molecule has 1 heterocycles. The second-order valence-electron chi connectivity index (χ2n) is 6.41. The van der Waals surface area contributed by atoms with Gasteiger partial charge >= 0.3 is 10.5 Å². The van der Waals surface area contributed by atoms with Crippen LogP contribution in [0.1, 0.15) is 17.2 Å². The van der Waals surface area contributed by atoms with Crippen LogP contribution in [0.5, 0.6) is 5.75 Å². The van der Waals surface area contributed by atoms with Gasteiger partial charge in [0, 0.05) is 18.1 Å². The first-order valence-corrected chi connectivity index (χ1v) is 10.6. The zero-order chi connectivity index (χ0) is 21.7. The number of nitrogens with zero attached hydrogens (tertiary/aromatic N) is 1. The Balaban J connectivity index is 1.83. The van der Waals surface area contributed by atoms with Crippen LogP contribution in [0.3, 0.4) is 0 Å². The number of hydrogen-bond donors (Lipinski definition) is 0. The minimum atomic E-state index is -5.17. The normalized spacial score (nSPS) is 15.6. The van der Waals surface area contributed by atoms with E-state index >= 15 is 0 Å². The molecule has 1 aliphatic heterocycles. The van der Waals surface area contributed by atoms with E-state index in [0.29, 0.717) is 37.4 Å². The summed E-state index contributed by atoms with van der Waals surface area (Å²) in [6.07, 6.45) is -1.08. The van der Waals surface area contributed by atoms with Gasteiger partial charge in [-0.15, -0.1) is 0 Å². The van der Waals surface area contributed by atoms with Crippen LogP contribution < -0.4 is 4.18 Å². The first kappa shape index (κ1) is 22.4. The van der Waals surface area contributed by atoms with Crippen molar-refractivity contribution in [1.29, 1.82) is 0 Å². The highest BCUT2D eigenvalue weighted by Crippen LogP contribution is 2.27. The van der Waals surface area contributed by atoms with Gasteiger partial charge in [0.1, 0.15) is 11.6 Å². The fourth-order valence-corrected chi connectivity index (χ4v) is 3.41. The fraction of sp³-hybridized carbons (Fsp3) is 0.316. The molecule has 2 aromatic carbocycles. The third kappa shape index (κ3) is 6.11. The number of ether oxygens (including phenoxy) is 2. The molecule has 30 heavy (non-hydrogen) atoms. The van der Waals surface area contributed by atoms with Gasteiger partial charge in [0.05, 0.1) is 19.8 Å². The zero-order valence-electron chi connectivity index (χ0n) is 15.6. The lowest BCUT2D eigenvalue weighted by molar-refractivity contribution is -0.149. The molecule has 0 spiro atoms. The maximum atomic E-state index is 13.5. The molecule has 1 fully saturated rings. The van der Waals surface area contributed by atoms with Crippen molar-refractivity contribution in [3.05, 3.63) is 64.4 Å². The summed E-state index contributed by atoms with van der Waals surface area (Å²) in [5.74, 6) is -1.10. The Kier molecular flexibility index (Phi) is 7.24. The number of morpholine rings is 1. The van der Waals surface area contributed by atoms with Gasteiger partial charge in [0.25, 0.3) is 5.91 Å². The number of rotatable bonds is 7. The predicted molar refractivity (Wildman–Crippen MR) is 103 cm³/mol. The van der Waals surface area contributed by atoms with E-state index in [1.54, 1.807) is 4.90 Å². The van der Waals surface area contributed by atoms with Crippen LogP contribution in [-0.4, -0.2) is 45.5 Å². The van der Waals surface area contributed by atoms with Crippen molar-refractivity contribution in [3.8, 4) is 5.75 Å². The summed E-state index contributed by atoms with van der Waals surface area (Å²) in [5.41, 5.74) is 0.738. The molecule has 1 unspecified atom stereocenters. The lowest BCUT2D eigenvalue weighted by Gasteiger charge is -2.30. The third-order valence-corrected chi connectivity index (χ3v) is 5.10. The SMILES string of the molecule is O=C(C(OCc1cc(F)ccc1Cl)c1ccc(OS(=O)(=O)F)cc1)N1CCOCC1. The zero-order valence-corrected chi connectivity index (χ0v) is 17.2. The Morgan fingerprint density at radius 2 is 1.83 bits per heavy atom. The molecule has 0 saturated carbocycles. The Labute approximate surface area is 177 Å². The van der Waals surface area contributed by atoms with Crippen LogP contribution in [0.25, 0.3) is 0 Å². The van der Waals surface area contributed by atoms with Crippen LogP contribution in [0.2, 0.25) is 5.02 Å². The molecule has 7 nitrogen and oxygen atoms in total. The van der Waals surface area contributed by atoms with E-state index in [9.17, 15) is 21.5 Å². The first-order chi connectivity index (χ1) is 14.2. The number of amides is 1. The highest BCUT2D eigenvalue weighted by atomic mass is 35.5. The molecular formula is C19H18ClF2NO6S. The van der Waals surface area contributed by atoms with Gasteiger partial charge in [-0.3, -0.25) is 4.79 Å². The summed E-state index contributed by atoms with van der Waals surface area (Å²) in [6.45, 7) is 1.38. The molecule has 0 N–H and O–H groups in total. The van der Waals surface area contributed by atoms with Crippen molar-refractivity contribution in [2.24, 2.45) is 0 Å². The number of halogens is 3. The molecule has 0 radical (unpaired) electrons. The molecule has 1 amide bonds. The molecule has 2 aromatic rings. The Morgan fingerprint density at radius 1 is 1.17 bits per heavy atom. The molecule has 0 bridgehead atoms. The van der Waals surface area contributed by atoms with E-state index in [4.69, 9.17) is 21.1 Å². The quantitative estimate of drug-likeness (QED) is 0.589. The van der Waals surface area contributed by atoms with Crippen molar-refractivity contribution in [2.45, 2.75) is 12.7 Å². The highest BCUT2D eigenvalue weighted by Gasteiger charge is 2.28. The minimum absolute atomic E-state index is 0.144. The van der Waals surface area contributed by atoms with Gasteiger partial charge in [-0.05, 0) is 41.5 Å². The summed E-state index contributed by atoms with van der Waals surface area (Å²) >= 11 is 6.07. The van der Waals surface area contributed by atoms with Gasteiger partial charge in [-0.2, -0.15) is 8.42 Å². The van der Waals surface area contributed by atoms with E-state index in [1.165, 1.54) is 42.5 Å². The minimum Gasteiger partial charge on any atom is -0.378 e. The molecule has 162 valence electrons. The first-order valence-electron chi connectivity index (χ1n) is 8.89. The van der Waals surface area contributed by atoms with Crippen LogP contribution in [0.15, 0.2) is 42.5 Å². The van der Waals surface area contributed by atoms with E-state index in [2.05, 4.69) is 4.18 Å². The molecule has 0 aliphatic carbocycles. The number of carbonyl (C=O) groups is 1. The highest BCUT2D eigenvalue weighted by molar-refractivity contribution is 7.81. The van der Waals surface area contributed by atoms with Gasteiger partial charge in [-0.25, -0.2) is 4.39 Å². The molecule has 1 saturated heterocycles. The number of benzene rings is 2. The summed E-state index contributed by atoms with van der Waals surface area (Å²) in [5, 5.41) is 0.283. The van der Waals surface area contributed by atoms with E-state index in [0.717, 1.165) is 0 Å². The maximum Gasteiger partial charge on any atom is 0.488 e. The van der Waals surface area contributed by atoms with Crippen LogP contribution >= 0.6 is 11.6 Å². The molecule has 3 rings (SSSR count). The summed E-state index contributed by atoms with van der Waals surface area (Å²) < 4.78 is 62.7. The van der Waals surface area contributed by atoms with Gasteiger partial charge in [0.15, 0.2) is 6.10 Å². The molecule has 11 heteroatoms. The molecule has 1 atom stereocenters. The molecule has 0 aromatic heterocycles. The average molecular weight is 462 g/mol. The number of carbonyl (C=O) groups excluding carboxylic acids is 1. The van der Waals surface area contributed by atoms with Crippen LogP contribution in [0, 0.1) is 5.82 Å². The Hall–Kier alpha value is -2.27. The van der Waals surface area contributed by atoms with E-state index in [1.807, 2.05) is 0 Å². The lowest BCUT2D eigenvalue weighted by Crippen LogP contribution is -2.43. The monoisotopic (exact) mass is 461 g/mol. The topological polar surface area (TPSA) is 82.1 Å². The summed E-state index contributed by atoms with van der Waals surface area (Å²) in [7, 11) is -5.17. The Morgan fingerprint density at radius 3 is 2.47 bits per heavy atom. The van der Waals surface area contributed by atoms with E-state index in [-0.39, 0.29) is 23.3 Å². The van der Waals surface area contributed by atoms with Crippen molar-refractivity contribution in [2.75, 3.05) is 26.3 Å². The van der Waals surface area contributed by atoms with Crippen molar-refractivity contribution in [3.63, 3.8) is 0 Å². The molecular weight excluding hydrogens is 444 g/mol. The summed E-state index contributed by atoms with van der Waals surface area (Å²) in [4.78, 5) is 14.6. The lowest BCUT2D eigenvalue weighted by atomic mass is 10.1. The second kappa shape index (κ2) is 9.69. The van der Waals surface area contributed by atoms with Crippen LogP contribution in [0.4, 0.5) is 8.28 Å². The fourth-order valence-electron chi connectivity index (χ4n) is 2.90. The van der Waals surface area contributed by atoms with Crippen molar-refractivity contribution < 1.29 is 35.1 Å².